The first-order valence-electron chi connectivity index (χ1n) is 10.5. The summed E-state index contributed by atoms with van der Waals surface area (Å²) in [4.78, 5) is 27.9. The summed E-state index contributed by atoms with van der Waals surface area (Å²) in [6, 6.07) is 15.9. The topological polar surface area (TPSA) is 49.4 Å². The minimum atomic E-state index is -0.460. The van der Waals surface area contributed by atoms with Crippen LogP contribution in [0.3, 0.4) is 0 Å². The highest BCUT2D eigenvalue weighted by Crippen LogP contribution is 2.16. The summed E-state index contributed by atoms with van der Waals surface area (Å²) in [6.45, 7) is 10.4. The molecule has 4 nitrogen and oxygen atoms in total. The predicted molar refractivity (Wildman–Crippen MR) is 119 cm³/mol. The van der Waals surface area contributed by atoms with Crippen LogP contribution in [0.1, 0.15) is 49.4 Å². The Kier molecular flexibility index (Phi) is 8.44. The molecule has 0 radical (unpaired) electrons. The number of hydrogen-bond donors (Lipinski definition) is 1. The molecular weight excluding hydrogens is 360 g/mol. The molecule has 2 rings (SSSR count). The van der Waals surface area contributed by atoms with Gasteiger partial charge in [0.05, 0.1) is 6.42 Å². The van der Waals surface area contributed by atoms with Crippen molar-refractivity contribution in [2.45, 2.75) is 66.0 Å². The fraction of sp³-hybridized carbons (Fsp3) is 0.440. The maximum Gasteiger partial charge on any atom is 0.242 e. The minimum Gasteiger partial charge on any atom is -0.352 e. The van der Waals surface area contributed by atoms with E-state index >= 15 is 0 Å². The maximum atomic E-state index is 13.3. The van der Waals surface area contributed by atoms with Gasteiger partial charge in [-0.3, -0.25) is 9.59 Å². The standard InChI is InChI=1S/C25H34N2O2/c1-6-23(25(29)26-18(2)3)27(15-14-21-10-8-7-9-11-21)24(28)17-22-16-19(4)12-13-20(22)5/h7-13,16,18,23H,6,14-15,17H2,1-5H3,(H,26,29). The molecule has 0 aromatic heterocycles. The summed E-state index contributed by atoms with van der Waals surface area (Å²) in [7, 11) is 0. The Morgan fingerprint density at radius 3 is 2.34 bits per heavy atom. The fourth-order valence-corrected chi connectivity index (χ4v) is 3.53. The first-order valence-corrected chi connectivity index (χ1v) is 10.5. The van der Waals surface area contributed by atoms with Gasteiger partial charge in [-0.05, 0) is 57.2 Å². The van der Waals surface area contributed by atoms with E-state index in [9.17, 15) is 9.59 Å². The van der Waals surface area contributed by atoms with Crippen LogP contribution in [0.4, 0.5) is 0 Å². The molecule has 0 saturated heterocycles. The second kappa shape index (κ2) is 10.8. The number of nitrogens with zero attached hydrogens (tertiary/aromatic N) is 1. The molecule has 1 atom stereocenters. The molecule has 2 amide bonds. The van der Waals surface area contributed by atoms with Crippen LogP contribution in [-0.4, -0.2) is 35.3 Å². The maximum absolute atomic E-state index is 13.3. The number of carbonyl (C=O) groups is 2. The number of nitrogens with one attached hydrogen (secondary N) is 1. The van der Waals surface area contributed by atoms with Gasteiger partial charge in [0.15, 0.2) is 0 Å². The lowest BCUT2D eigenvalue weighted by atomic mass is 10.0. The van der Waals surface area contributed by atoms with Crippen LogP contribution in [0.15, 0.2) is 48.5 Å². The van der Waals surface area contributed by atoms with E-state index in [1.54, 1.807) is 4.90 Å². The van der Waals surface area contributed by atoms with Crippen molar-refractivity contribution in [1.82, 2.24) is 10.2 Å². The average molecular weight is 395 g/mol. The van der Waals surface area contributed by atoms with Crippen molar-refractivity contribution in [1.29, 1.82) is 0 Å². The Morgan fingerprint density at radius 1 is 1.03 bits per heavy atom. The van der Waals surface area contributed by atoms with Gasteiger partial charge in [-0.1, -0.05) is 61.0 Å². The highest BCUT2D eigenvalue weighted by molar-refractivity contribution is 5.88. The van der Waals surface area contributed by atoms with Crippen LogP contribution in [0.5, 0.6) is 0 Å². The Bertz CT molecular complexity index is 815. The lowest BCUT2D eigenvalue weighted by Gasteiger charge is -2.31. The quantitative estimate of drug-likeness (QED) is 0.692. The molecule has 0 fully saturated rings. The van der Waals surface area contributed by atoms with Crippen molar-refractivity contribution < 1.29 is 9.59 Å². The van der Waals surface area contributed by atoms with E-state index in [-0.39, 0.29) is 17.9 Å². The Hall–Kier alpha value is -2.62. The van der Waals surface area contributed by atoms with Crippen molar-refractivity contribution in [3.63, 3.8) is 0 Å². The molecule has 0 bridgehead atoms. The molecule has 29 heavy (non-hydrogen) atoms. The zero-order chi connectivity index (χ0) is 21.4. The average Bonchev–Trinajstić information content (AvgIpc) is 2.68. The zero-order valence-electron chi connectivity index (χ0n) is 18.4. The third kappa shape index (κ3) is 6.74. The first-order chi connectivity index (χ1) is 13.8. The van der Waals surface area contributed by atoms with Crippen molar-refractivity contribution >= 4 is 11.8 Å². The number of rotatable bonds is 9. The summed E-state index contributed by atoms with van der Waals surface area (Å²) in [5.74, 6) is -0.0785. The van der Waals surface area contributed by atoms with Crippen LogP contribution < -0.4 is 5.32 Å². The molecule has 0 saturated carbocycles. The van der Waals surface area contributed by atoms with Gasteiger partial charge in [0, 0.05) is 12.6 Å². The molecule has 0 aliphatic carbocycles. The van der Waals surface area contributed by atoms with Crippen LogP contribution in [-0.2, 0) is 22.4 Å². The SMILES string of the molecule is CCC(C(=O)NC(C)C)N(CCc1ccccc1)C(=O)Cc1cc(C)ccc1C. The molecule has 2 aromatic carbocycles. The number of hydrogen-bond acceptors (Lipinski definition) is 2. The first kappa shape index (κ1) is 22.7. The molecule has 0 spiro atoms. The Balaban J connectivity index is 2.24. The van der Waals surface area contributed by atoms with Crippen molar-refractivity contribution in [3.05, 3.63) is 70.8 Å². The van der Waals surface area contributed by atoms with Gasteiger partial charge in [0.25, 0.3) is 0 Å². The van der Waals surface area contributed by atoms with E-state index < -0.39 is 6.04 Å². The van der Waals surface area contributed by atoms with Crippen LogP contribution in [0.25, 0.3) is 0 Å². The zero-order valence-corrected chi connectivity index (χ0v) is 18.4. The highest BCUT2D eigenvalue weighted by atomic mass is 16.2. The van der Waals surface area contributed by atoms with Gasteiger partial charge in [0.1, 0.15) is 6.04 Å². The summed E-state index contributed by atoms with van der Waals surface area (Å²) in [6.07, 6.45) is 1.63. The van der Waals surface area contributed by atoms with E-state index in [1.165, 1.54) is 0 Å². The van der Waals surface area contributed by atoms with Gasteiger partial charge in [-0.25, -0.2) is 0 Å². The van der Waals surface area contributed by atoms with Crippen molar-refractivity contribution in [2.24, 2.45) is 0 Å². The second-order valence-electron chi connectivity index (χ2n) is 8.02. The third-order valence-electron chi connectivity index (χ3n) is 5.15. The smallest absolute Gasteiger partial charge is 0.242 e. The van der Waals surface area contributed by atoms with Gasteiger partial charge in [0.2, 0.25) is 11.8 Å². The number of benzene rings is 2. The fourth-order valence-electron chi connectivity index (χ4n) is 3.53. The molecule has 156 valence electrons. The van der Waals surface area contributed by atoms with E-state index in [0.29, 0.717) is 19.4 Å². The summed E-state index contributed by atoms with van der Waals surface area (Å²) < 4.78 is 0. The predicted octanol–water partition coefficient (Wildman–Crippen LogP) is 4.22. The molecular formula is C25H34N2O2. The molecule has 1 unspecified atom stereocenters. The van der Waals surface area contributed by atoms with E-state index in [0.717, 1.165) is 28.7 Å². The van der Waals surface area contributed by atoms with E-state index in [4.69, 9.17) is 0 Å². The summed E-state index contributed by atoms with van der Waals surface area (Å²) in [5.41, 5.74) is 4.43. The molecule has 4 heteroatoms. The van der Waals surface area contributed by atoms with Gasteiger partial charge in [-0.2, -0.15) is 0 Å². The number of carbonyl (C=O) groups excluding carboxylic acids is 2. The Morgan fingerprint density at radius 2 is 1.72 bits per heavy atom. The number of amides is 2. The van der Waals surface area contributed by atoms with Gasteiger partial charge >= 0.3 is 0 Å². The summed E-state index contributed by atoms with van der Waals surface area (Å²) >= 11 is 0. The monoisotopic (exact) mass is 394 g/mol. The molecule has 0 heterocycles. The largest absolute Gasteiger partial charge is 0.352 e. The molecule has 2 aromatic rings. The van der Waals surface area contributed by atoms with Gasteiger partial charge in [-0.15, -0.1) is 0 Å². The second-order valence-corrected chi connectivity index (χ2v) is 8.02. The summed E-state index contributed by atoms with van der Waals surface area (Å²) in [5, 5.41) is 2.98. The minimum absolute atomic E-state index is 0.000359. The van der Waals surface area contributed by atoms with E-state index in [1.807, 2.05) is 52.8 Å². The Labute approximate surface area is 175 Å². The van der Waals surface area contributed by atoms with Crippen molar-refractivity contribution in [3.8, 4) is 0 Å². The highest BCUT2D eigenvalue weighted by Gasteiger charge is 2.28. The van der Waals surface area contributed by atoms with Crippen molar-refractivity contribution in [2.75, 3.05) is 6.54 Å². The van der Waals surface area contributed by atoms with E-state index in [2.05, 4.69) is 35.6 Å². The molecule has 1 N–H and O–H groups in total. The lowest BCUT2D eigenvalue weighted by molar-refractivity contribution is -0.140. The van der Waals surface area contributed by atoms with Crippen LogP contribution in [0.2, 0.25) is 0 Å². The molecule has 0 aliphatic heterocycles. The normalized spacial score (nSPS) is 11.9. The third-order valence-corrected chi connectivity index (χ3v) is 5.15. The van der Waals surface area contributed by atoms with Gasteiger partial charge < -0.3 is 10.2 Å². The number of aryl methyl sites for hydroxylation is 2. The lowest BCUT2D eigenvalue weighted by Crippen LogP contribution is -2.51. The van der Waals surface area contributed by atoms with Crippen LogP contribution >= 0.6 is 0 Å². The molecule has 0 aliphatic rings. The van der Waals surface area contributed by atoms with Crippen LogP contribution in [0, 0.1) is 13.8 Å².